The van der Waals surface area contributed by atoms with Gasteiger partial charge in [0.25, 0.3) is 0 Å². The van der Waals surface area contributed by atoms with E-state index in [1.54, 1.807) is 23.9 Å². The normalized spacial score (nSPS) is 30.1. The molecule has 3 unspecified atom stereocenters. The van der Waals surface area contributed by atoms with Crippen molar-refractivity contribution in [1.29, 1.82) is 0 Å². The molecular weight excluding hydrogens is 254 g/mol. The van der Waals surface area contributed by atoms with Gasteiger partial charge in [0.05, 0.1) is 5.92 Å². The van der Waals surface area contributed by atoms with E-state index in [-0.39, 0.29) is 17.9 Å². The van der Waals surface area contributed by atoms with Crippen molar-refractivity contribution >= 4 is 11.9 Å². The van der Waals surface area contributed by atoms with Crippen molar-refractivity contribution in [2.45, 2.75) is 45.1 Å². The van der Waals surface area contributed by atoms with Crippen LogP contribution in [-0.4, -0.2) is 55.0 Å². The lowest BCUT2D eigenvalue weighted by Crippen LogP contribution is -2.49. The first-order chi connectivity index (χ1) is 9.47. The number of likely N-dealkylation sites (tertiary alicyclic amines) is 1. The maximum absolute atomic E-state index is 12.3. The molecule has 0 spiro atoms. The zero-order chi connectivity index (χ0) is 14.7. The van der Waals surface area contributed by atoms with Gasteiger partial charge in [-0.25, -0.2) is 4.79 Å². The van der Waals surface area contributed by atoms with Crippen molar-refractivity contribution in [1.82, 2.24) is 15.1 Å². The molecule has 1 aliphatic heterocycles. The Labute approximate surface area is 121 Å². The van der Waals surface area contributed by atoms with Crippen molar-refractivity contribution in [2.24, 2.45) is 11.8 Å². The summed E-state index contributed by atoms with van der Waals surface area (Å²) in [4.78, 5) is 27.7. The molecule has 0 aromatic rings. The smallest absolute Gasteiger partial charge is 0.319 e. The summed E-state index contributed by atoms with van der Waals surface area (Å²) >= 11 is 0. The van der Waals surface area contributed by atoms with E-state index in [1.165, 1.54) is 6.42 Å². The summed E-state index contributed by atoms with van der Waals surface area (Å²) < 4.78 is 0. The second-order valence-corrected chi connectivity index (χ2v) is 6.59. The fourth-order valence-corrected chi connectivity index (χ4v) is 3.30. The second-order valence-electron chi connectivity index (χ2n) is 6.59. The van der Waals surface area contributed by atoms with E-state index in [0.29, 0.717) is 12.6 Å². The molecule has 1 saturated heterocycles. The SMILES string of the molecule is CC1CCC(NC(=O)C2CCCN(C(=O)N(C)C)C2)C1. The molecule has 3 atom stereocenters. The molecule has 0 aromatic carbocycles. The molecule has 5 heteroatoms. The molecule has 114 valence electrons. The van der Waals surface area contributed by atoms with E-state index < -0.39 is 0 Å². The van der Waals surface area contributed by atoms with E-state index in [1.807, 2.05) is 0 Å². The third-order valence-corrected chi connectivity index (χ3v) is 4.49. The fourth-order valence-electron chi connectivity index (χ4n) is 3.30. The number of nitrogens with zero attached hydrogens (tertiary/aromatic N) is 2. The number of carbonyl (C=O) groups excluding carboxylic acids is 2. The van der Waals surface area contributed by atoms with Crippen LogP contribution in [-0.2, 0) is 4.79 Å². The van der Waals surface area contributed by atoms with E-state index in [0.717, 1.165) is 38.1 Å². The number of nitrogens with one attached hydrogen (secondary N) is 1. The molecule has 0 aromatic heterocycles. The average molecular weight is 281 g/mol. The Morgan fingerprint density at radius 1 is 1.20 bits per heavy atom. The van der Waals surface area contributed by atoms with Crippen LogP contribution in [0.4, 0.5) is 4.79 Å². The van der Waals surface area contributed by atoms with Crippen LogP contribution in [0.1, 0.15) is 39.0 Å². The lowest BCUT2D eigenvalue weighted by Gasteiger charge is -2.34. The lowest BCUT2D eigenvalue weighted by atomic mass is 9.97. The first-order valence-electron chi connectivity index (χ1n) is 7.74. The number of urea groups is 1. The van der Waals surface area contributed by atoms with Crippen molar-refractivity contribution < 1.29 is 9.59 Å². The summed E-state index contributed by atoms with van der Waals surface area (Å²) in [6, 6.07) is 0.356. The maximum Gasteiger partial charge on any atom is 0.319 e. The predicted octanol–water partition coefficient (Wildman–Crippen LogP) is 1.68. The Morgan fingerprint density at radius 2 is 1.95 bits per heavy atom. The highest BCUT2D eigenvalue weighted by Crippen LogP contribution is 2.25. The van der Waals surface area contributed by atoms with Gasteiger partial charge in [0.2, 0.25) is 5.91 Å². The van der Waals surface area contributed by atoms with Gasteiger partial charge in [-0.3, -0.25) is 4.79 Å². The predicted molar refractivity (Wildman–Crippen MR) is 78.3 cm³/mol. The Kier molecular flexibility index (Phi) is 4.89. The Hall–Kier alpha value is -1.26. The quantitative estimate of drug-likeness (QED) is 0.837. The van der Waals surface area contributed by atoms with Gasteiger partial charge < -0.3 is 15.1 Å². The van der Waals surface area contributed by atoms with Gasteiger partial charge in [0, 0.05) is 33.2 Å². The Balaban J connectivity index is 1.85. The number of hydrogen-bond donors (Lipinski definition) is 1. The summed E-state index contributed by atoms with van der Waals surface area (Å²) in [5.41, 5.74) is 0. The van der Waals surface area contributed by atoms with Crippen LogP contribution in [0.3, 0.4) is 0 Å². The third-order valence-electron chi connectivity index (χ3n) is 4.49. The largest absolute Gasteiger partial charge is 0.353 e. The minimum Gasteiger partial charge on any atom is -0.353 e. The molecule has 3 amide bonds. The molecule has 2 aliphatic rings. The minimum absolute atomic E-state index is 0.0111. The summed E-state index contributed by atoms with van der Waals surface area (Å²) in [7, 11) is 3.51. The third kappa shape index (κ3) is 3.64. The molecule has 20 heavy (non-hydrogen) atoms. The first kappa shape index (κ1) is 15.1. The summed E-state index contributed by atoms with van der Waals surface area (Å²) in [5, 5.41) is 3.18. The highest BCUT2D eigenvalue weighted by Gasteiger charge is 2.31. The van der Waals surface area contributed by atoms with Crippen LogP contribution in [0.2, 0.25) is 0 Å². The average Bonchev–Trinajstić information content (AvgIpc) is 2.83. The molecule has 2 fully saturated rings. The van der Waals surface area contributed by atoms with E-state index in [2.05, 4.69) is 12.2 Å². The molecular formula is C15H27N3O2. The van der Waals surface area contributed by atoms with Gasteiger partial charge in [-0.05, 0) is 38.0 Å². The Bertz CT molecular complexity index is 370. The lowest BCUT2D eigenvalue weighted by molar-refractivity contribution is -0.127. The Morgan fingerprint density at radius 3 is 2.55 bits per heavy atom. The topological polar surface area (TPSA) is 52.7 Å². The molecule has 0 bridgehead atoms. The molecule has 5 nitrogen and oxygen atoms in total. The van der Waals surface area contributed by atoms with Crippen LogP contribution in [0, 0.1) is 11.8 Å². The standard InChI is InChI=1S/C15H27N3O2/c1-11-6-7-13(9-11)16-14(19)12-5-4-8-18(10-12)15(20)17(2)3/h11-13H,4-10H2,1-3H3,(H,16,19). The molecule has 1 heterocycles. The maximum atomic E-state index is 12.3. The monoisotopic (exact) mass is 281 g/mol. The highest BCUT2D eigenvalue weighted by molar-refractivity contribution is 5.81. The number of hydrogen-bond acceptors (Lipinski definition) is 2. The van der Waals surface area contributed by atoms with Crippen molar-refractivity contribution in [2.75, 3.05) is 27.2 Å². The molecule has 1 N–H and O–H groups in total. The molecule has 1 saturated carbocycles. The van der Waals surface area contributed by atoms with Crippen molar-refractivity contribution in [3.63, 3.8) is 0 Å². The van der Waals surface area contributed by atoms with E-state index in [4.69, 9.17) is 0 Å². The highest BCUT2D eigenvalue weighted by atomic mass is 16.2. The number of piperidine rings is 1. The van der Waals surface area contributed by atoms with E-state index >= 15 is 0 Å². The van der Waals surface area contributed by atoms with Crippen LogP contribution in [0.15, 0.2) is 0 Å². The second kappa shape index (κ2) is 6.46. The van der Waals surface area contributed by atoms with Crippen LogP contribution >= 0.6 is 0 Å². The fraction of sp³-hybridized carbons (Fsp3) is 0.867. The molecule has 0 radical (unpaired) electrons. The molecule has 1 aliphatic carbocycles. The number of carbonyl (C=O) groups is 2. The van der Waals surface area contributed by atoms with Gasteiger partial charge in [-0.2, -0.15) is 0 Å². The summed E-state index contributed by atoms with van der Waals surface area (Å²) in [6.07, 6.45) is 5.21. The van der Waals surface area contributed by atoms with Crippen LogP contribution < -0.4 is 5.32 Å². The van der Waals surface area contributed by atoms with Crippen molar-refractivity contribution in [3.8, 4) is 0 Å². The van der Waals surface area contributed by atoms with Crippen molar-refractivity contribution in [3.05, 3.63) is 0 Å². The van der Waals surface area contributed by atoms with E-state index in [9.17, 15) is 9.59 Å². The van der Waals surface area contributed by atoms with Gasteiger partial charge in [-0.1, -0.05) is 6.92 Å². The number of rotatable bonds is 2. The molecule has 2 rings (SSSR count). The number of amides is 3. The van der Waals surface area contributed by atoms with Gasteiger partial charge in [0.15, 0.2) is 0 Å². The zero-order valence-corrected chi connectivity index (χ0v) is 12.9. The summed E-state index contributed by atoms with van der Waals surface area (Å²) in [5.74, 6) is 0.822. The van der Waals surface area contributed by atoms with Crippen LogP contribution in [0.25, 0.3) is 0 Å². The van der Waals surface area contributed by atoms with Gasteiger partial charge in [-0.15, -0.1) is 0 Å². The summed E-state index contributed by atoms with van der Waals surface area (Å²) in [6.45, 7) is 3.57. The zero-order valence-electron chi connectivity index (χ0n) is 12.9. The van der Waals surface area contributed by atoms with Crippen LogP contribution in [0.5, 0.6) is 0 Å². The minimum atomic E-state index is -0.0384. The first-order valence-corrected chi connectivity index (χ1v) is 7.74. The van der Waals surface area contributed by atoms with Gasteiger partial charge >= 0.3 is 6.03 Å². The van der Waals surface area contributed by atoms with Gasteiger partial charge in [0.1, 0.15) is 0 Å².